The molecular formula is C15H17NO. The zero-order chi connectivity index (χ0) is 11.4. The van der Waals surface area contributed by atoms with Crippen LogP contribution >= 0.6 is 0 Å². The van der Waals surface area contributed by atoms with Crippen LogP contribution in [0.1, 0.15) is 55.3 Å². The van der Waals surface area contributed by atoms with Crippen LogP contribution in [0.25, 0.3) is 0 Å². The molecule has 2 heterocycles. The highest BCUT2D eigenvalue weighted by molar-refractivity contribution is 5.79. The van der Waals surface area contributed by atoms with E-state index in [-0.39, 0.29) is 0 Å². The summed E-state index contributed by atoms with van der Waals surface area (Å²) in [5, 5.41) is 0. The second-order valence-corrected chi connectivity index (χ2v) is 5.69. The Morgan fingerprint density at radius 3 is 2.18 bits per heavy atom. The maximum absolute atomic E-state index is 12.4. The van der Waals surface area contributed by atoms with Crippen molar-refractivity contribution >= 4 is 5.91 Å². The second kappa shape index (κ2) is 3.34. The van der Waals surface area contributed by atoms with Gasteiger partial charge in [-0.15, -0.1) is 0 Å². The molecule has 2 heteroatoms. The van der Waals surface area contributed by atoms with Gasteiger partial charge in [0.25, 0.3) is 0 Å². The number of hydrogen-bond acceptors (Lipinski definition) is 1. The van der Waals surface area contributed by atoms with Crippen LogP contribution in [0.15, 0.2) is 24.3 Å². The molecule has 0 N–H and O–H groups in total. The van der Waals surface area contributed by atoms with Crippen LogP contribution in [-0.2, 0) is 4.79 Å². The van der Waals surface area contributed by atoms with Crippen LogP contribution in [0.2, 0.25) is 0 Å². The Labute approximate surface area is 102 Å². The summed E-state index contributed by atoms with van der Waals surface area (Å²) in [5.74, 6) is 1.10. The van der Waals surface area contributed by atoms with E-state index in [4.69, 9.17) is 0 Å². The van der Waals surface area contributed by atoms with E-state index in [0.29, 0.717) is 23.9 Å². The van der Waals surface area contributed by atoms with Crippen molar-refractivity contribution in [3.05, 3.63) is 35.4 Å². The standard InChI is InChI=1S/C15H17NO/c17-15(9-10-5-6-10)16-13-7-8-14(16)12-4-2-1-3-11(12)13/h1-4,10,13-14H,5-9H2. The van der Waals surface area contributed by atoms with Crippen molar-refractivity contribution in [2.75, 3.05) is 0 Å². The van der Waals surface area contributed by atoms with Crippen LogP contribution < -0.4 is 0 Å². The van der Waals surface area contributed by atoms with Crippen molar-refractivity contribution in [1.29, 1.82) is 0 Å². The van der Waals surface area contributed by atoms with Gasteiger partial charge in [0.05, 0.1) is 12.1 Å². The zero-order valence-corrected chi connectivity index (χ0v) is 9.93. The molecule has 1 amide bonds. The minimum absolute atomic E-state index is 0.391. The van der Waals surface area contributed by atoms with E-state index in [0.717, 1.165) is 19.3 Å². The van der Waals surface area contributed by atoms with Crippen molar-refractivity contribution in [2.45, 2.75) is 44.2 Å². The normalized spacial score (nSPS) is 29.5. The van der Waals surface area contributed by atoms with Crippen molar-refractivity contribution in [3.8, 4) is 0 Å². The third kappa shape index (κ3) is 1.36. The number of carbonyl (C=O) groups excluding carboxylic acids is 1. The van der Waals surface area contributed by atoms with Gasteiger partial charge in [-0.05, 0) is 42.7 Å². The summed E-state index contributed by atoms with van der Waals surface area (Å²) >= 11 is 0. The number of carbonyl (C=O) groups is 1. The summed E-state index contributed by atoms with van der Waals surface area (Å²) in [4.78, 5) is 14.5. The first-order valence-electron chi connectivity index (χ1n) is 6.74. The summed E-state index contributed by atoms with van der Waals surface area (Å²) in [5.41, 5.74) is 2.82. The number of benzene rings is 1. The third-order valence-corrected chi connectivity index (χ3v) is 4.55. The smallest absolute Gasteiger partial charge is 0.223 e. The molecule has 2 fully saturated rings. The molecule has 2 aliphatic heterocycles. The summed E-state index contributed by atoms with van der Waals surface area (Å²) in [6.07, 6.45) is 5.65. The molecule has 4 rings (SSSR count). The molecule has 2 nitrogen and oxygen atoms in total. The lowest BCUT2D eigenvalue weighted by Gasteiger charge is -2.22. The fourth-order valence-electron chi connectivity index (χ4n) is 3.56. The Balaban J connectivity index is 1.65. The SMILES string of the molecule is O=C(CC1CC1)N1C2CCC1c1ccccc12. The number of nitrogens with zero attached hydrogens (tertiary/aromatic N) is 1. The number of hydrogen-bond donors (Lipinski definition) is 0. The highest BCUT2D eigenvalue weighted by Crippen LogP contribution is 2.53. The van der Waals surface area contributed by atoms with E-state index in [1.54, 1.807) is 0 Å². The van der Waals surface area contributed by atoms with Crippen molar-refractivity contribution in [3.63, 3.8) is 0 Å². The van der Waals surface area contributed by atoms with Gasteiger partial charge in [-0.3, -0.25) is 4.79 Å². The quantitative estimate of drug-likeness (QED) is 0.759. The molecule has 1 aromatic rings. The monoisotopic (exact) mass is 227 g/mol. The van der Waals surface area contributed by atoms with Gasteiger partial charge >= 0.3 is 0 Å². The maximum Gasteiger partial charge on any atom is 0.223 e. The lowest BCUT2D eigenvalue weighted by Crippen LogP contribution is -2.28. The van der Waals surface area contributed by atoms with Gasteiger partial charge in [0.2, 0.25) is 5.91 Å². The summed E-state index contributed by atoms with van der Waals surface area (Å²) in [7, 11) is 0. The second-order valence-electron chi connectivity index (χ2n) is 5.69. The first-order chi connectivity index (χ1) is 8.34. The van der Waals surface area contributed by atoms with Crippen LogP contribution in [0.3, 0.4) is 0 Å². The Morgan fingerprint density at radius 1 is 1.06 bits per heavy atom. The number of rotatable bonds is 2. The Hall–Kier alpha value is -1.31. The Bertz CT molecular complexity index is 447. The van der Waals surface area contributed by atoms with Gasteiger partial charge in [-0.1, -0.05) is 24.3 Å². The minimum Gasteiger partial charge on any atom is -0.329 e. The van der Waals surface area contributed by atoms with E-state index in [2.05, 4.69) is 29.2 Å². The first-order valence-corrected chi connectivity index (χ1v) is 6.74. The highest BCUT2D eigenvalue weighted by atomic mass is 16.2. The maximum atomic E-state index is 12.4. The largest absolute Gasteiger partial charge is 0.329 e. The van der Waals surface area contributed by atoms with Gasteiger partial charge in [-0.25, -0.2) is 0 Å². The third-order valence-electron chi connectivity index (χ3n) is 4.55. The molecule has 2 atom stereocenters. The molecule has 1 saturated carbocycles. The number of fused-ring (bicyclic) bond motifs is 5. The average Bonchev–Trinajstić information content (AvgIpc) is 2.98. The van der Waals surface area contributed by atoms with E-state index in [1.807, 2.05) is 0 Å². The number of amides is 1. The van der Waals surface area contributed by atoms with Gasteiger partial charge in [0, 0.05) is 6.42 Å². The predicted molar refractivity (Wildman–Crippen MR) is 65.3 cm³/mol. The van der Waals surface area contributed by atoms with E-state index >= 15 is 0 Å². The summed E-state index contributed by atoms with van der Waals surface area (Å²) < 4.78 is 0. The molecule has 3 aliphatic rings. The Kier molecular flexibility index (Phi) is 1.91. The topological polar surface area (TPSA) is 20.3 Å². The van der Waals surface area contributed by atoms with Gasteiger partial charge in [0.15, 0.2) is 0 Å². The summed E-state index contributed by atoms with van der Waals surface area (Å²) in [6.45, 7) is 0. The first kappa shape index (κ1) is 9.69. The van der Waals surface area contributed by atoms with Crippen molar-refractivity contribution < 1.29 is 4.79 Å². The van der Waals surface area contributed by atoms with E-state index in [1.165, 1.54) is 24.0 Å². The average molecular weight is 227 g/mol. The van der Waals surface area contributed by atoms with Crippen LogP contribution in [0, 0.1) is 5.92 Å². The molecule has 1 aliphatic carbocycles. The van der Waals surface area contributed by atoms with E-state index < -0.39 is 0 Å². The predicted octanol–water partition coefficient (Wildman–Crippen LogP) is 3.20. The van der Waals surface area contributed by atoms with Crippen LogP contribution in [0.4, 0.5) is 0 Å². The van der Waals surface area contributed by atoms with Crippen molar-refractivity contribution in [1.82, 2.24) is 4.90 Å². The van der Waals surface area contributed by atoms with Crippen LogP contribution in [0.5, 0.6) is 0 Å². The van der Waals surface area contributed by atoms with Gasteiger partial charge in [0.1, 0.15) is 0 Å². The fraction of sp³-hybridized carbons (Fsp3) is 0.533. The minimum atomic E-state index is 0.391. The molecule has 1 aromatic carbocycles. The molecule has 2 bridgehead atoms. The lowest BCUT2D eigenvalue weighted by atomic mass is 9.92. The molecule has 0 aromatic heterocycles. The lowest BCUT2D eigenvalue weighted by molar-refractivity contribution is -0.133. The van der Waals surface area contributed by atoms with Gasteiger partial charge in [-0.2, -0.15) is 0 Å². The van der Waals surface area contributed by atoms with Gasteiger partial charge < -0.3 is 4.90 Å². The summed E-state index contributed by atoms with van der Waals surface area (Å²) in [6, 6.07) is 9.39. The van der Waals surface area contributed by atoms with Crippen LogP contribution in [-0.4, -0.2) is 10.8 Å². The Morgan fingerprint density at radius 2 is 1.65 bits per heavy atom. The molecular weight excluding hydrogens is 210 g/mol. The zero-order valence-electron chi connectivity index (χ0n) is 9.93. The molecule has 1 saturated heterocycles. The fourth-order valence-corrected chi connectivity index (χ4v) is 3.56. The molecule has 0 radical (unpaired) electrons. The molecule has 0 spiro atoms. The van der Waals surface area contributed by atoms with Crippen molar-refractivity contribution in [2.24, 2.45) is 5.92 Å². The molecule has 88 valence electrons. The molecule has 17 heavy (non-hydrogen) atoms. The highest BCUT2D eigenvalue weighted by Gasteiger charge is 2.46. The molecule has 2 unspecified atom stereocenters. The van der Waals surface area contributed by atoms with E-state index in [9.17, 15) is 4.79 Å².